The van der Waals surface area contributed by atoms with Gasteiger partial charge in [0.05, 0.1) is 13.2 Å². The van der Waals surface area contributed by atoms with Crippen molar-refractivity contribution in [2.24, 2.45) is 0 Å². The lowest BCUT2D eigenvalue weighted by Gasteiger charge is -2.34. The highest BCUT2D eigenvalue weighted by molar-refractivity contribution is 5.71. The highest BCUT2D eigenvalue weighted by Gasteiger charge is 2.24. The van der Waals surface area contributed by atoms with Crippen LogP contribution in [0.25, 0.3) is 0 Å². The quantitative estimate of drug-likeness (QED) is 0.711. The summed E-state index contributed by atoms with van der Waals surface area (Å²) >= 11 is 0. The molecule has 1 rings (SSSR count). The number of carbonyl (C=O) groups excluding carboxylic acids is 1. The minimum atomic E-state index is -0.824. The fourth-order valence-corrected chi connectivity index (χ4v) is 2.45. The maximum absolute atomic E-state index is 11.9. The molecule has 5 nitrogen and oxygen atoms in total. The van der Waals surface area contributed by atoms with Crippen molar-refractivity contribution in [1.29, 1.82) is 0 Å². The molecule has 0 fully saturated rings. The minimum Gasteiger partial charge on any atom is -0.481 e. The molecule has 122 valence electrons. The highest BCUT2D eigenvalue weighted by atomic mass is 16.5. The van der Waals surface area contributed by atoms with E-state index in [4.69, 9.17) is 9.84 Å². The van der Waals surface area contributed by atoms with Crippen molar-refractivity contribution in [3.63, 3.8) is 0 Å². The van der Waals surface area contributed by atoms with Crippen molar-refractivity contribution in [1.82, 2.24) is 4.90 Å². The molecule has 2 atom stereocenters. The number of aliphatic carboxylic acids is 1. The summed E-state index contributed by atoms with van der Waals surface area (Å²) in [5, 5.41) is 8.86. The number of nitrogens with zero attached hydrogens (tertiary/aromatic N) is 1. The van der Waals surface area contributed by atoms with E-state index in [1.54, 1.807) is 6.92 Å². The Kier molecular flexibility index (Phi) is 7.60. The van der Waals surface area contributed by atoms with Crippen LogP contribution in [0, 0.1) is 0 Å². The largest absolute Gasteiger partial charge is 0.481 e. The summed E-state index contributed by atoms with van der Waals surface area (Å²) in [5.41, 5.74) is 1.09. The molecule has 22 heavy (non-hydrogen) atoms. The first-order valence-corrected chi connectivity index (χ1v) is 7.63. The van der Waals surface area contributed by atoms with Crippen LogP contribution in [0.1, 0.15) is 45.2 Å². The Labute approximate surface area is 131 Å². The van der Waals surface area contributed by atoms with Crippen molar-refractivity contribution >= 4 is 11.9 Å². The lowest BCUT2D eigenvalue weighted by molar-refractivity contribution is -0.145. The van der Waals surface area contributed by atoms with Crippen LogP contribution in [0.5, 0.6) is 0 Å². The second-order valence-corrected chi connectivity index (χ2v) is 5.35. The van der Waals surface area contributed by atoms with Gasteiger partial charge in [0.25, 0.3) is 0 Å². The van der Waals surface area contributed by atoms with Crippen LogP contribution >= 0.6 is 0 Å². The van der Waals surface area contributed by atoms with Crippen LogP contribution in [-0.4, -0.2) is 41.1 Å². The lowest BCUT2D eigenvalue weighted by atomic mass is 10.0. The molecule has 0 aromatic heterocycles. The van der Waals surface area contributed by atoms with Crippen molar-refractivity contribution < 1.29 is 19.4 Å². The summed E-state index contributed by atoms with van der Waals surface area (Å²) in [6.45, 7) is 6.24. The van der Waals surface area contributed by atoms with Gasteiger partial charge >= 0.3 is 11.9 Å². The van der Waals surface area contributed by atoms with Crippen molar-refractivity contribution in [2.75, 3.05) is 13.2 Å². The van der Waals surface area contributed by atoms with Crippen LogP contribution in [0.15, 0.2) is 30.3 Å². The summed E-state index contributed by atoms with van der Waals surface area (Å²) < 4.78 is 5.04. The Hall–Kier alpha value is -1.88. The number of carboxylic acid groups (broad SMARTS) is 1. The van der Waals surface area contributed by atoms with Crippen molar-refractivity contribution in [3.8, 4) is 0 Å². The van der Waals surface area contributed by atoms with E-state index in [0.717, 1.165) is 5.56 Å². The number of benzene rings is 1. The first kappa shape index (κ1) is 18.2. The number of hydrogen-bond donors (Lipinski definition) is 1. The highest BCUT2D eigenvalue weighted by Crippen LogP contribution is 2.24. The summed E-state index contributed by atoms with van der Waals surface area (Å²) in [5.74, 6) is -1.11. The normalized spacial score (nSPS) is 13.6. The average molecular weight is 307 g/mol. The Bertz CT molecular complexity index is 475. The molecule has 0 aliphatic rings. The zero-order chi connectivity index (χ0) is 16.5. The van der Waals surface area contributed by atoms with Gasteiger partial charge in [-0.05, 0) is 32.8 Å². The Balaban J connectivity index is 2.84. The molecule has 0 spiro atoms. The standard InChI is InChI=1S/C17H25NO4/c1-4-22-17(21)12-18(13(2)10-11-16(19)20)14(3)15-8-6-5-7-9-15/h5-9,13-14H,4,10-12H2,1-3H3,(H,19,20). The summed E-state index contributed by atoms with van der Waals surface area (Å²) in [4.78, 5) is 24.6. The number of esters is 1. The third-order valence-electron chi connectivity index (χ3n) is 3.74. The monoisotopic (exact) mass is 307 g/mol. The van der Waals surface area contributed by atoms with Crippen LogP contribution in [0.4, 0.5) is 0 Å². The van der Waals surface area contributed by atoms with E-state index in [1.807, 2.05) is 49.1 Å². The van der Waals surface area contributed by atoms with Crippen LogP contribution in [0.2, 0.25) is 0 Å². The van der Waals surface area contributed by atoms with E-state index in [9.17, 15) is 9.59 Å². The molecule has 1 aromatic carbocycles. The molecule has 0 saturated heterocycles. The molecular weight excluding hydrogens is 282 g/mol. The van der Waals surface area contributed by atoms with Gasteiger partial charge in [-0.2, -0.15) is 0 Å². The smallest absolute Gasteiger partial charge is 0.320 e. The van der Waals surface area contributed by atoms with E-state index in [2.05, 4.69) is 0 Å². The van der Waals surface area contributed by atoms with Gasteiger partial charge in [-0.3, -0.25) is 14.5 Å². The van der Waals surface area contributed by atoms with Gasteiger partial charge in [-0.1, -0.05) is 30.3 Å². The molecule has 1 N–H and O–H groups in total. The number of carbonyl (C=O) groups is 2. The summed E-state index contributed by atoms with van der Waals surface area (Å²) in [6.07, 6.45) is 0.577. The van der Waals surface area contributed by atoms with E-state index < -0.39 is 5.97 Å². The third-order valence-corrected chi connectivity index (χ3v) is 3.74. The van der Waals surface area contributed by atoms with Gasteiger partial charge in [-0.25, -0.2) is 0 Å². The molecule has 0 heterocycles. The second kappa shape index (κ2) is 9.20. The van der Waals surface area contributed by atoms with Crippen molar-refractivity contribution in [2.45, 2.75) is 45.7 Å². The van der Waals surface area contributed by atoms with Gasteiger partial charge < -0.3 is 9.84 Å². The molecule has 0 saturated carbocycles. The molecule has 0 aliphatic heterocycles. The maximum Gasteiger partial charge on any atom is 0.320 e. The zero-order valence-electron chi connectivity index (χ0n) is 13.5. The first-order chi connectivity index (χ1) is 10.5. The van der Waals surface area contributed by atoms with Gasteiger partial charge in [0.1, 0.15) is 0 Å². The fraction of sp³-hybridized carbons (Fsp3) is 0.529. The van der Waals surface area contributed by atoms with Crippen LogP contribution in [0.3, 0.4) is 0 Å². The molecular formula is C17H25NO4. The topological polar surface area (TPSA) is 66.8 Å². The van der Waals surface area contributed by atoms with Gasteiger partial charge in [0.2, 0.25) is 0 Å². The van der Waals surface area contributed by atoms with E-state index in [1.165, 1.54) is 0 Å². The lowest BCUT2D eigenvalue weighted by Crippen LogP contribution is -2.40. The fourth-order valence-electron chi connectivity index (χ4n) is 2.45. The molecule has 0 radical (unpaired) electrons. The Morgan fingerprint density at radius 2 is 1.86 bits per heavy atom. The van der Waals surface area contributed by atoms with Gasteiger partial charge in [0, 0.05) is 18.5 Å². The predicted molar refractivity (Wildman–Crippen MR) is 84.5 cm³/mol. The molecule has 1 aromatic rings. The molecule has 0 amide bonds. The third kappa shape index (κ3) is 5.85. The van der Waals surface area contributed by atoms with Gasteiger partial charge in [-0.15, -0.1) is 0 Å². The SMILES string of the molecule is CCOC(=O)CN(C(C)CCC(=O)O)C(C)c1ccccc1. The number of hydrogen-bond acceptors (Lipinski definition) is 4. The van der Waals surface area contributed by atoms with E-state index in [0.29, 0.717) is 13.0 Å². The molecule has 5 heteroatoms. The Morgan fingerprint density at radius 1 is 1.23 bits per heavy atom. The Morgan fingerprint density at radius 3 is 2.41 bits per heavy atom. The molecule has 2 unspecified atom stereocenters. The van der Waals surface area contributed by atoms with Crippen molar-refractivity contribution in [3.05, 3.63) is 35.9 Å². The molecule has 0 bridgehead atoms. The minimum absolute atomic E-state index is 0.00870. The van der Waals surface area contributed by atoms with E-state index >= 15 is 0 Å². The number of ether oxygens (including phenoxy) is 1. The van der Waals surface area contributed by atoms with E-state index in [-0.39, 0.29) is 31.0 Å². The zero-order valence-corrected chi connectivity index (χ0v) is 13.5. The number of rotatable bonds is 9. The predicted octanol–water partition coefficient (Wildman–Crippen LogP) is 2.87. The maximum atomic E-state index is 11.9. The van der Waals surface area contributed by atoms with Gasteiger partial charge in [0.15, 0.2) is 0 Å². The number of carboxylic acids is 1. The first-order valence-electron chi connectivity index (χ1n) is 7.63. The second-order valence-electron chi connectivity index (χ2n) is 5.35. The molecule has 0 aliphatic carbocycles. The average Bonchev–Trinajstić information content (AvgIpc) is 2.50. The summed E-state index contributed by atoms with van der Waals surface area (Å²) in [7, 11) is 0. The van der Waals surface area contributed by atoms with Crippen LogP contribution in [-0.2, 0) is 14.3 Å². The van der Waals surface area contributed by atoms with Crippen LogP contribution < -0.4 is 0 Å². The summed E-state index contributed by atoms with van der Waals surface area (Å²) in [6, 6.07) is 9.84.